The first-order valence-corrected chi connectivity index (χ1v) is 10.6. The van der Waals surface area contributed by atoms with E-state index in [4.69, 9.17) is 46.4 Å². The number of likely N-dealkylation sites (N-methyl/N-ethyl adjacent to an activating group) is 1. The average molecular weight is 488 g/mol. The Balaban J connectivity index is 1.69. The van der Waals surface area contributed by atoms with Crippen molar-refractivity contribution in [2.24, 2.45) is 0 Å². The van der Waals surface area contributed by atoms with E-state index in [0.717, 1.165) is 5.56 Å². The molecule has 0 aliphatic carbocycles. The summed E-state index contributed by atoms with van der Waals surface area (Å²) < 4.78 is 0. The van der Waals surface area contributed by atoms with Gasteiger partial charge in [-0.2, -0.15) is 0 Å². The fourth-order valence-electron chi connectivity index (χ4n) is 3.31. The second kappa shape index (κ2) is 9.48. The van der Waals surface area contributed by atoms with E-state index in [0.29, 0.717) is 45.0 Å². The zero-order chi connectivity index (χ0) is 22.0. The second-order valence-corrected chi connectivity index (χ2v) is 8.49. The Labute approximate surface area is 194 Å². The number of rotatable bonds is 6. The molecule has 30 heavy (non-hydrogen) atoms. The number of aliphatic hydroxyl groups is 1. The standard InChI is InChI=1S/C21H18Cl4N2O3/c1-27-18(12-5-7-14(23)16(25)10-12)17(19(28)21(27)30)20(29)26-8-2-3-11-4-6-13(22)15(24)9-11/h4-7,9-10,18,28H,2-3,8H2,1H3,(H,26,29). The molecule has 1 unspecified atom stereocenters. The van der Waals surface area contributed by atoms with Crippen molar-refractivity contribution in [2.45, 2.75) is 18.9 Å². The van der Waals surface area contributed by atoms with Crippen LogP contribution in [0.15, 0.2) is 47.7 Å². The van der Waals surface area contributed by atoms with Gasteiger partial charge in [0.05, 0.1) is 31.7 Å². The van der Waals surface area contributed by atoms with Crippen LogP contribution < -0.4 is 5.32 Å². The van der Waals surface area contributed by atoms with Gasteiger partial charge in [-0.1, -0.05) is 58.5 Å². The summed E-state index contributed by atoms with van der Waals surface area (Å²) in [7, 11) is 1.51. The maximum absolute atomic E-state index is 12.8. The molecule has 0 saturated carbocycles. The SMILES string of the molecule is CN1C(=O)C(O)=C(C(=O)NCCCc2ccc(Cl)c(Cl)c2)C1c1ccc(Cl)c(Cl)c1. The van der Waals surface area contributed by atoms with Gasteiger partial charge in [-0.25, -0.2) is 0 Å². The molecular weight excluding hydrogens is 470 g/mol. The van der Waals surface area contributed by atoms with E-state index in [1.807, 2.05) is 6.07 Å². The van der Waals surface area contributed by atoms with Gasteiger partial charge in [0.1, 0.15) is 0 Å². The minimum Gasteiger partial charge on any atom is -0.503 e. The molecule has 2 N–H and O–H groups in total. The molecule has 0 bridgehead atoms. The second-order valence-electron chi connectivity index (χ2n) is 6.86. The minimum absolute atomic E-state index is 0.0181. The summed E-state index contributed by atoms with van der Waals surface area (Å²) in [6.07, 6.45) is 1.32. The number of amides is 2. The molecule has 1 atom stereocenters. The molecule has 2 aromatic carbocycles. The monoisotopic (exact) mass is 486 g/mol. The van der Waals surface area contributed by atoms with E-state index >= 15 is 0 Å². The number of hydrogen-bond donors (Lipinski definition) is 2. The number of carbonyl (C=O) groups excluding carboxylic acids is 2. The van der Waals surface area contributed by atoms with E-state index in [2.05, 4.69) is 5.32 Å². The number of nitrogens with zero attached hydrogens (tertiary/aromatic N) is 1. The Kier molecular flexibility index (Phi) is 7.19. The molecule has 0 fully saturated rings. The van der Waals surface area contributed by atoms with E-state index in [1.165, 1.54) is 11.9 Å². The third-order valence-electron chi connectivity index (χ3n) is 4.85. The topological polar surface area (TPSA) is 69.6 Å². The van der Waals surface area contributed by atoms with Gasteiger partial charge < -0.3 is 15.3 Å². The van der Waals surface area contributed by atoms with Crippen LogP contribution in [0.5, 0.6) is 0 Å². The summed E-state index contributed by atoms with van der Waals surface area (Å²) in [5, 5.41) is 14.7. The molecule has 9 heteroatoms. The highest BCUT2D eigenvalue weighted by Gasteiger charge is 2.41. The lowest BCUT2D eigenvalue weighted by atomic mass is 9.99. The predicted molar refractivity (Wildman–Crippen MR) is 119 cm³/mol. The molecule has 0 aromatic heterocycles. The van der Waals surface area contributed by atoms with E-state index < -0.39 is 23.6 Å². The molecule has 0 saturated heterocycles. The number of hydrogen-bond acceptors (Lipinski definition) is 3. The number of aliphatic hydroxyl groups excluding tert-OH is 1. The largest absolute Gasteiger partial charge is 0.503 e. The first kappa shape index (κ1) is 22.8. The Morgan fingerprint density at radius 1 is 1.03 bits per heavy atom. The Morgan fingerprint density at radius 3 is 2.30 bits per heavy atom. The summed E-state index contributed by atoms with van der Waals surface area (Å²) >= 11 is 24.0. The van der Waals surface area contributed by atoms with Crippen LogP contribution in [0.25, 0.3) is 0 Å². The zero-order valence-electron chi connectivity index (χ0n) is 15.9. The molecule has 1 aliphatic rings. The Morgan fingerprint density at radius 2 is 1.67 bits per heavy atom. The lowest BCUT2D eigenvalue weighted by Crippen LogP contribution is -2.31. The highest BCUT2D eigenvalue weighted by Crippen LogP contribution is 2.38. The van der Waals surface area contributed by atoms with Crippen molar-refractivity contribution in [3.63, 3.8) is 0 Å². The van der Waals surface area contributed by atoms with E-state index in [9.17, 15) is 14.7 Å². The molecule has 2 amide bonds. The van der Waals surface area contributed by atoms with Gasteiger partial charge in [0.15, 0.2) is 5.76 Å². The molecule has 5 nitrogen and oxygen atoms in total. The van der Waals surface area contributed by atoms with Crippen LogP contribution in [0.3, 0.4) is 0 Å². The average Bonchev–Trinajstić information content (AvgIpc) is 2.94. The van der Waals surface area contributed by atoms with Crippen molar-refractivity contribution >= 4 is 58.2 Å². The summed E-state index contributed by atoms with van der Waals surface area (Å²) in [5.74, 6) is -1.72. The molecule has 0 spiro atoms. The molecule has 2 aromatic rings. The highest BCUT2D eigenvalue weighted by atomic mass is 35.5. The summed E-state index contributed by atoms with van der Waals surface area (Å²) in [5.41, 5.74) is 1.55. The number of carbonyl (C=O) groups is 2. The van der Waals surface area contributed by atoms with Gasteiger partial charge in [0.25, 0.3) is 11.8 Å². The number of halogens is 4. The Hall–Kier alpha value is -1.92. The van der Waals surface area contributed by atoms with Gasteiger partial charge in [-0.15, -0.1) is 0 Å². The molecule has 3 rings (SSSR count). The van der Waals surface area contributed by atoms with Crippen LogP contribution in [-0.2, 0) is 16.0 Å². The van der Waals surface area contributed by atoms with Crippen LogP contribution in [-0.4, -0.2) is 35.4 Å². The lowest BCUT2D eigenvalue weighted by molar-refractivity contribution is -0.128. The van der Waals surface area contributed by atoms with Gasteiger partial charge in [-0.05, 0) is 48.2 Å². The lowest BCUT2D eigenvalue weighted by Gasteiger charge is -2.23. The minimum atomic E-state index is -0.762. The molecule has 158 valence electrons. The van der Waals surface area contributed by atoms with Crippen molar-refractivity contribution in [3.05, 3.63) is 78.9 Å². The van der Waals surface area contributed by atoms with Crippen molar-refractivity contribution in [1.82, 2.24) is 10.2 Å². The van der Waals surface area contributed by atoms with Gasteiger partial charge >= 0.3 is 0 Å². The first-order valence-electron chi connectivity index (χ1n) is 9.08. The number of benzene rings is 2. The highest BCUT2D eigenvalue weighted by molar-refractivity contribution is 6.42. The van der Waals surface area contributed by atoms with Crippen LogP contribution in [0.4, 0.5) is 0 Å². The zero-order valence-corrected chi connectivity index (χ0v) is 18.9. The summed E-state index contributed by atoms with van der Waals surface area (Å²) in [4.78, 5) is 26.4. The normalized spacial score (nSPS) is 16.4. The maximum Gasteiger partial charge on any atom is 0.289 e. The number of aryl methyl sites for hydroxylation is 1. The van der Waals surface area contributed by atoms with Crippen LogP contribution in [0.1, 0.15) is 23.6 Å². The fourth-order valence-corrected chi connectivity index (χ4v) is 3.94. The first-order chi connectivity index (χ1) is 14.2. The summed E-state index contributed by atoms with van der Waals surface area (Å²) in [6, 6.07) is 9.44. The quantitative estimate of drug-likeness (QED) is 0.537. The van der Waals surface area contributed by atoms with Crippen LogP contribution >= 0.6 is 46.4 Å². The van der Waals surface area contributed by atoms with E-state index in [-0.39, 0.29) is 5.57 Å². The number of nitrogens with one attached hydrogen (secondary N) is 1. The maximum atomic E-state index is 12.8. The van der Waals surface area contributed by atoms with E-state index in [1.54, 1.807) is 30.3 Å². The summed E-state index contributed by atoms with van der Waals surface area (Å²) in [6.45, 7) is 0.349. The molecule has 1 aliphatic heterocycles. The Bertz CT molecular complexity index is 1040. The molecule has 1 heterocycles. The van der Waals surface area contributed by atoms with Gasteiger partial charge in [-0.3, -0.25) is 9.59 Å². The van der Waals surface area contributed by atoms with Crippen LogP contribution in [0, 0.1) is 0 Å². The fraction of sp³-hybridized carbons (Fsp3) is 0.238. The van der Waals surface area contributed by atoms with Gasteiger partial charge in [0.2, 0.25) is 0 Å². The smallest absolute Gasteiger partial charge is 0.289 e. The van der Waals surface area contributed by atoms with Crippen molar-refractivity contribution in [3.8, 4) is 0 Å². The molecular formula is C21H18Cl4N2O3. The van der Waals surface area contributed by atoms with Gasteiger partial charge in [0, 0.05) is 13.6 Å². The van der Waals surface area contributed by atoms with Crippen LogP contribution in [0.2, 0.25) is 20.1 Å². The van der Waals surface area contributed by atoms with Crippen molar-refractivity contribution in [1.29, 1.82) is 0 Å². The predicted octanol–water partition coefficient (Wildman–Crippen LogP) is 5.37. The third kappa shape index (κ3) is 4.70. The van der Waals surface area contributed by atoms with Crippen molar-refractivity contribution in [2.75, 3.05) is 13.6 Å². The van der Waals surface area contributed by atoms with Crippen molar-refractivity contribution < 1.29 is 14.7 Å². The molecule has 0 radical (unpaired) electrons. The third-order valence-corrected chi connectivity index (χ3v) is 6.33.